The summed E-state index contributed by atoms with van der Waals surface area (Å²) in [7, 11) is 0. The Morgan fingerprint density at radius 2 is 2.18 bits per heavy atom. The van der Waals surface area contributed by atoms with Gasteiger partial charge in [0.1, 0.15) is 16.6 Å². The lowest BCUT2D eigenvalue weighted by Crippen LogP contribution is -2.17. The summed E-state index contributed by atoms with van der Waals surface area (Å²) in [5.41, 5.74) is 6.67. The summed E-state index contributed by atoms with van der Waals surface area (Å²) >= 11 is 1.29. The molecule has 0 saturated heterocycles. The highest BCUT2D eigenvalue weighted by atomic mass is 32.1. The van der Waals surface area contributed by atoms with Gasteiger partial charge in [-0.3, -0.25) is 0 Å². The van der Waals surface area contributed by atoms with Gasteiger partial charge in [-0.15, -0.1) is 11.3 Å². The molecule has 2 N–H and O–H groups in total. The molecule has 1 heterocycles. The molecule has 0 saturated carbocycles. The Morgan fingerprint density at radius 1 is 1.41 bits per heavy atom. The predicted molar refractivity (Wildman–Crippen MR) is 64.8 cm³/mol. The molecular weight excluding hydrogens is 242 g/mol. The molecule has 1 aromatic carbocycles. The maximum atomic E-state index is 13.5. The summed E-state index contributed by atoms with van der Waals surface area (Å²) in [5.74, 6) is -0.932. The lowest BCUT2D eigenvalue weighted by Gasteiger charge is -2.01. The molecule has 0 bridgehead atoms. The number of nitrogens with two attached hydrogens (primary N) is 1. The van der Waals surface area contributed by atoms with Crippen LogP contribution < -0.4 is 5.73 Å². The van der Waals surface area contributed by atoms with Gasteiger partial charge < -0.3 is 5.73 Å². The van der Waals surface area contributed by atoms with Crippen molar-refractivity contribution >= 4 is 11.3 Å². The average Bonchev–Trinajstić information content (AvgIpc) is 2.69. The molecule has 2 aromatic rings. The second kappa shape index (κ2) is 4.89. The number of halogens is 2. The summed E-state index contributed by atoms with van der Waals surface area (Å²) in [6.07, 6.45) is 0.632. The van der Waals surface area contributed by atoms with Crippen LogP contribution in [0, 0.1) is 11.6 Å². The highest BCUT2D eigenvalue weighted by molar-refractivity contribution is 7.13. The van der Waals surface area contributed by atoms with Crippen LogP contribution in [-0.2, 0) is 6.42 Å². The van der Waals surface area contributed by atoms with Crippen molar-refractivity contribution in [1.82, 2.24) is 4.98 Å². The van der Waals surface area contributed by atoms with Crippen LogP contribution in [0.4, 0.5) is 8.78 Å². The maximum absolute atomic E-state index is 13.5. The van der Waals surface area contributed by atoms with Crippen molar-refractivity contribution in [3.8, 4) is 10.6 Å². The number of hydrogen-bond acceptors (Lipinski definition) is 3. The zero-order chi connectivity index (χ0) is 12.4. The van der Waals surface area contributed by atoms with Crippen LogP contribution in [0.15, 0.2) is 23.6 Å². The second-order valence-corrected chi connectivity index (χ2v) is 4.81. The SMILES string of the molecule is CC(N)Cc1csc(-c2cc(F)ccc2F)n1. The van der Waals surface area contributed by atoms with Crippen LogP contribution in [0.3, 0.4) is 0 Å². The van der Waals surface area contributed by atoms with E-state index >= 15 is 0 Å². The van der Waals surface area contributed by atoms with Crippen molar-refractivity contribution in [2.75, 3.05) is 0 Å². The highest BCUT2D eigenvalue weighted by Gasteiger charge is 2.11. The number of aromatic nitrogens is 1. The molecule has 0 aliphatic heterocycles. The zero-order valence-electron chi connectivity index (χ0n) is 9.28. The first-order valence-corrected chi connectivity index (χ1v) is 6.09. The van der Waals surface area contributed by atoms with E-state index in [-0.39, 0.29) is 11.6 Å². The van der Waals surface area contributed by atoms with E-state index in [0.29, 0.717) is 11.4 Å². The molecule has 2 nitrogen and oxygen atoms in total. The second-order valence-electron chi connectivity index (χ2n) is 3.95. The van der Waals surface area contributed by atoms with Gasteiger partial charge in [-0.05, 0) is 25.1 Å². The predicted octanol–water partition coefficient (Wildman–Crippen LogP) is 2.98. The monoisotopic (exact) mass is 254 g/mol. The largest absolute Gasteiger partial charge is 0.328 e. The van der Waals surface area contributed by atoms with E-state index in [1.165, 1.54) is 11.3 Å². The average molecular weight is 254 g/mol. The third-order valence-electron chi connectivity index (χ3n) is 2.24. The number of hydrogen-bond donors (Lipinski definition) is 1. The van der Waals surface area contributed by atoms with Gasteiger partial charge in [0, 0.05) is 23.4 Å². The molecule has 1 atom stereocenters. The van der Waals surface area contributed by atoms with E-state index in [4.69, 9.17) is 5.73 Å². The molecule has 0 radical (unpaired) electrons. The van der Waals surface area contributed by atoms with Crippen LogP contribution in [0.5, 0.6) is 0 Å². The molecule has 0 aliphatic rings. The first-order chi connectivity index (χ1) is 8.06. The summed E-state index contributed by atoms with van der Waals surface area (Å²) in [6.45, 7) is 1.88. The van der Waals surface area contributed by atoms with Crippen molar-refractivity contribution in [3.05, 3.63) is 40.9 Å². The summed E-state index contributed by atoms with van der Waals surface area (Å²) in [6, 6.07) is 3.36. The first kappa shape index (κ1) is 12.1. The Balaban J connectivity index is 2.33. The Kier molecular flexibility index (Phi) is 3.49. The van der Waals surface area contributed by atoms with Gasteiger partial charge in [-0.2, -0.15) is 0 Å². The van der Waals surface area contributed by atoms with Crippen molar-refractivity contribution in [3.63, 3.8) is 0 Å². The van der Waals surface area contributed by atoms with E-state index in [9.17, 15) is 8.78 Å². The quantitative estimate of drug-likeness (QED) is 0.914. The van der Waals surface area contributed by atoms with Crippen LogP contribution >= 0.6 is 11.3 Å². The molecule has 1 aromatic heterocycles. The fourth-order valence-corrected chi connectivity index (χ4v) is 2.37. The molecule has 17 heavy (non-hydrogen) atoms. The molecule has 90 valence electrons. The molecule has 0 amide bonds. The van der Waals surface area contributed by atoms with Crippen LogP contribution in [0.2, 0.25) is 0 Å². The van der Waals surface area contributed by atoms with E-state index in [1.807, 2.05) is 12.3 Å². The highest BCUT2D eigenvalue weighted by Crippen LogP contribution is 2.27. The van der Waals surface area contributed by atoms with E-state index in [1.54, 1.807) is 0 Å². The van der Waals surface area contributed by atoms with Gasteiger partial charge >= 0.3 is 0 Å². The number of benzene rings is 1. The van der Waals surface area contributed by atoms with Crippen LogP contribution in [0.25, 0.3) is 10.6 Å². The van der Waals surface area contributed by atoms with Crippen molar-refractivity contribution in [1.29, 1.82) is 0 Å². The lowest BCUT2D eigenvalue weighted by atomic mass is 10.2. The summed E-state index contributed by atoms with van der Waals surface area (Å²) in [4.78, 5) is 4.25. The minimum absolute atomic E-state index is 0.00214. The first-order valence-electron chi connectivity index (χ1n) is 5.21. The summed E-state index contributed by atoms with van der Waals surface area (Å²) < 4.78 is 26.5. The number of thiazole rings is 1. The molecular formula is C12H12F2N2S. The normalized spacial score (nSPS) is 12.7. The van der Waals surface area contributed by atoms with Crippen LogP contribution in [-0.4, -0.2) is 11.0 Å². The van der Waals surface area contributed by atoms with Gasteiger partial charge in [0.15, 0.2) is 0 Å². The molecule has 1 unspecified atom stereocenters. The molecule has 0 aliphatic carbocycles. The van der Waals surface area contributed by atoms with Gasteiger partial charge in [-0.1, -0.05) is 0 Å². The van der Waals surface area contributed by atoms with Crippen molar-refractivity contribution in [2.45, 2.75) is 19.4 Å². The Hall–Kier alpha value is -1.33. The molecule has 2 rings (SSSR count). The Morgan fingerprint density at radius 3 is 2.88 bits per heavy atom. The fraction of sp³-hybridized carbons (Fsp3) is 0.250. The Bertz CT molecular complexity index is 523. The third-order valence-corrected chi connectivity index (χ3v) is 3.17. The van der Waals surface area contributed by atoms with Gasteiger partial charge in [-0.25, -0.2) is 13.8 Å². The van der Waals surface area contributed by atoms with Gasteiger partial charge in [0.2, 0.25) is 0 Å². The zero-order valence-corrected chi connectivity index (χ0v) is 10.1. The molecule has 0 spiro atoms. The van der Waals surface area contributed by atoms with Crippen LogP contribution in [0.1, 0.15) is 12.6 Å². The van der Waals surface area contributed by atoms with Crippen molar-refractivity contribution in [2.24, 2.45) is 5.73 Å². The van der Waals surface area contributed by atoms with E-state index in [0.717, 1.165) is 23.9 Å². The lowest BCUT2D eigenvalue weighted by molar-refractivity contribution is 0.603. The van der Waals surface area contributed by atoms with E-state index < -0.39 is 11.6 Å². The van der Waals surface area contributed by atoms with Crippen molar-refractivity contribution < 1.29 is 8.78 Å². The fourth-order valence-electron chi connectivity index (χ4n) is 1.52. The summed E-state index contributed by atoms with van der Waals surface area (Å²) in [5, 5.41) is 2.31. The third kappa shape index (κ3) is 2.87. The molecule has 0 fully saturated rings. The number of nitrogens with zero attached hydrogens (tertiary/aromatic N) is 1. The smallest absolute Gasteiger partial charge is 0.133 e. The number of rotatable bonds is 3. The Labute approximate surface area is 102 Å². The van der Waals surface area contributed by atoms with Gasteiger partial charge in [0.25, 0.3) is 0 Å². The topological polar surface area (TPSA) is 38.9 Å². The van der Waals surface area contributed by atoms with E-state index in [2.05, 4.69) is 4.98 Å². The maximum Gasteiger partial charge on any atom is 0.133 e. The molecule has 5 heteroatoms. The van der Waals surface area contributed by atoms with Gasteiger partial charge in [0.05, 0.1) is 5.69 Å². The minimum Gasteiger partial charge on any atom is -0.328 e. The standard InChI is InChI=1S/C12H12F2N2S/c1-7(15)4-9-6-17-12(16-9)10-5-8(13)2-3-11(10)14/h2-3,5-7H,4,15H2,1H3. The minimum atomic E-state index is -0.467.